The van der Waals surface area contributed by atoms with Gasteiger partial charge in [0.25, 0.3) is 5.91 Å². The molecule has 2 aromatic rings. The summed E-state index contributed by atoms with van der Waals surface area (Å²) >= 11 is 1.18. The zero-order chi connectivity index (χ0) is 19.2. The van der Waals surface area contributed by atoms with Crippen LogP contribution >= 0.6 is 11.8 Å². The number of rotatable bonds is 6. The number of nitrogens with one attached hydrogen (secondary N) is 1. The molecule has 2 unspecified atom stereocenters. The number of nitrogens with zero attached hydrogens (tertiary/aromatic N) is 3. The van der Waals surface area contributed by atoms with E-state index in [-0.39, 0.29) is 11.9 Å². The molecule has 1 aromatic carbocycles. The fraction of sp³-hybridized carbons (Fsp3) is 0.368. The molecule has 1 aliphatic heterocycles. The molecule has 1 fully saturated rings. The van der Waals surface area contributed by atoms with Crippen molar-refractivity contribution in [2.45, 2.75) is 36.0 Å². The van der Waals surface area contributed by atoms with Crippen molar-refractivity contribution in [3.8, 4) is 0 Å². The van der Waals surface area contributed by atoms with Crippen LogP contribution in [0.25, 0.3) is 0 Å². The van der Waals surface area contributed by atoms with Crippen LogP contribution < -0.4 is 10.2 Å². The molecule has 1 aromatic heterocycles. The van der Waals surface area contributed by atoms with Gasteiger partial charge >= 0.3 is 5.97 Å². The third kappa shape index (κ3) is 4.97. The number of carboxylic acid groups (broad SMARTS) is 1. The number of hydrogen-bond acceptors (Lipinski definition) is 6. The molecule has 7 nitrogen and oxygen atoms in total. The molecule has 27 heavy (non-hydrogen) atoms. The minimum absolute atomic E-state index is 0.00925. The second-order valence-corrected chi connectivity index (χ2v) is 7.78. The van der Waals surface area contributed by atoms with E-state index in [1.807, 2.05) is 6.07 Å². The van der Waals surface area contributed by atoms with Gasteiger partial charge in [0.15, 0.2) is 0 Å². The first kappa shape index (κ1) is 19.2. The molecule has 1 saturated heterocycles. The lowest BCUT2D eigenvalue weighted by molar-refractivity contribution is -0.136. The number of amides is 1. The Morgan fingerprint density at radius 1 is 1.26 bits per heavy atom. The highest BCUT2D eigenvalue weighted by molar-refractivity contribution is 8.00. The van der Waals surface area contributed by atoms with Gasteiger partial charge in [0.2, 0.25) is 5.95 Å². The summed E-state index contributed by atoms with van der Waals surface area (Å²) in [7, 11) is 0. The minimum Gasteiger partial charge on any atom is -0.480 e. The maximum Gasteiger partial charge on any atom is 0.316 e. The van der Waals surface area contributed by atoms with E-state index in [1.54, 1.807) is 43.6 Å². The molecule has 3 rings (SSSR count). The van der Waals surface area contributed by atoms with Gasteiger partial charge in [-0.1, -0.05) is 12.1 Å². The van der Waals surface area contributed by atoms with Gasteiger partial charge in [-0.2, -0.15) is 0 Å². The first-order valence-electron chi connectivity index (χ1n) is 8.86. The average Bonchev–Trinajstić information content (AvgIpc) is 2.69. The summed E-state index contributed by atoms with van der Waals surface area (Å²) in [4.78, 5) is 35.2. The summed E-state index contributed by atoms with van der Waals surface area (Å²) < 4.78 is 0. The highest BCUT2D eigenvalue weighted by atomic mass is 32.2. The van der Waals surface area contributed by atoms with E-state index in [1.165, 1.54) is 11.8 Å². The number of anilines is 1. The van der Waals surface area contributed by atoms with E-state index in [9.17, 15) is 9.59 Å². The average molecular weight is 386 g/mol. The van der Waals surface area contributed by atoms with Crippen LogP contribution in [0.4, 0.5) is 5.95 Å². The minimum atomic E-state index is -0.902. The number of carbonyl (C=O) groups excluding carboxylic acids is 1. The second-order valence-electron chi connectivity index (χ2n) is 6.40. The van der Waals surface area contributed by atoms with E-state index >= 15 is 0 Å². The standard InChI is InChI=1S/C19H22N4O3S/c1-13(18(25)26)27-16-8-3-2-7-15(16)17(24)22-14-6-4-11-23(12-14)19-20-9-5-10-21-19/h2-3,5,7-10,13-14H,4,6,11-12H2,1H3,(H,22,24)(H,25,26). The first-order valence-corrected chi connectivity index (χ1v) is 9.74. The summed E-state index contributed by atoms with van der Waals surface area (Å²) in [6.45, 7) is 3.12. The number of aliphatic carboxylic acids is 1. The van der Waals surface area contributed by atoms with Crippen LogP contribution in [0, 0.1) is 0 Å². The number of benzene rings is 1. The van der Waals surface area contributed by atoms with Crippen LogP contribution in [-0.4, -0.2) is 51.3 Å². The zero-order valence-corrected chi connectivity index (χ0v) is 15.9. The van der Waals surface area contributed by atoms with Crippen LogP contribution in [0.15, 0.2) is 47.6 Å². The topological polar surface area (TPSA) is 95.4 Å². The van der Waals surface area contributed by atoms with Gasteiger partial charge in [-0.05, 0) is 38.0 Å². The zero-order valence-electron chi connectivity index (χ0n) is 15.0. The van der Waals surface area contributed by atoms with Crippen molar-refractivity contribution >= 4 is 29.6 Å². The second kappa shape index (κ2) is 8.85. The van der Waals surface area contributed by atoms with Crippen LogP contribution in [0.5, 0.6) is 0 Å². The maximum atomic E-state index is 12.8. The molecule has 1 aliphatic rings. The van der Waals surface area contributed by atoms with Gasteiger partial charge in [0.1, 0.15) is 5.25 Å². The van der Waals surface area contributed by atoms with E-state index < -0.39 is 11.2 Å². The predicted octanol–water partition coefficient (Wildman–Crippen LogP) is 2.44. The third-order valence-electron chi connectivity index (χ3n) is 4.37. The monoisotopic (exact) mass is 386 g/mol. The SMILES string of the molecule is CC(Sc1ccccc1C(=O)NC1CCCN(c2ncccn2)C1)C(=O)O. The highest BCUT2D eigenvalue weighted by Gasteiger charge is 2.25. The quantitative estimate of drug-likeness (QED) is 0.736. The lowest BCUT2D eigenvalue weighted by Gasteiger charge is -2.33. The molecular weight excluding hydrogens is 364 g/mol. The van der Waals surface area contributed by atoms with Crippen LogP contribution in [0.3, 0.4) is 0 Å². The van der Waals surface area contributed by atoms with Crippen molar-refractivity contribution in [3.05, 3.63) is 48.3 Å². The largest absolute Gasteiger partial charge is 0.480 e. The fourth-order valence-electron chi connectivity index (χ4n) is 2.99. The molecular formula is C19H22N4O3S. The Kier molecular flexibility index (Phi) is 6.28. The third-order valence-corrected chi connectivity index (χ3v) is 5.54. The molecule has 0 bridgehead atoms. The molecule has 2 heterocycles. The van der Waals surface area contributed by atoms with Gasteiger partial charge in [-0.25, -0.2) is 9.97 Å². The summed E-state index contributed by atoms with van der Waals surface area (Å²) in [5.41, 5.74) is 0.503. The molecule has 1 amide bonds. The lowest BCUT2D eigenvalue weighted by atomic mass is 10.1. The van der Waals surface area contributed by atoms with E-state index in [0.717, 1.165) is 19.4 Å². The highest BCUT2D eigenvalue weighted by Crippen LogP contribution is 2.27. The Morgan fingerprint density at radius 2 is 2.00 bits per heavy atom. The van der Waals surface area contributed by atoms with Gasteiger partial charge in [-0.15, -0.1) is 11.8 Å². The van der Waals surface area contributed by atoms with Crippen molar-refractivity contribution in [2.24, 2.45) is 0 Å². The number of carbonyl (C=O) groups is 2. The van der Waals surface area contributed by atoms with E-state index in [4.69, 9.17) is 5.11 Å². The maximum absolute atomic E-state index is 12.8. The fourth-order valence-corrected chi connectivity index (χ4v) is 3.92. The Bertz CT molecular complexity index is 803. The van der Waals surface area contributed by atoms with E-state index in [2.05, 4.69) is 20.2 Å². The van der Waals surface area contributed by atoms with Crippen molar-refractivity contribution in [1.82, 2.24) is 15.3 Å². The van der Waals surface area contributed by atoms with Crippen LogP contribution in [-0.2, 0) is 4.79 Å². The van der Waals surface area contributed by atoms with Crippen LogP contribution in [0.2, 0.25) is 0 Å². The molecule has 2 atom stereocenters. The number of thioether (sulfide) groups is 1. The molecule has 2 N–H and O–H groups in total. The molecule has 0 saturated carbocycles. The van der Waals surface area contributed by atoms with Crippen molar-refractivity contribution in [2.75, 3.05) is 18.0 Å². The molecule has 0 radical (unpaired) electrons. The molecule has 8 heteroatoms. The lowest BCUT2D eigenvalue weighted by Crippen LogP contribution is -2.48. The number of piperidine rings is 1. The normalized spacial score (nSPS) is 18.0. The van der Waals surface area contributed by atoms with Gasteiger partial charge in [0, 0.05) is 36.4 Å². The molecule has 0 spiro atoms. The van der Waals surface area contributed by atoms with Crippen molar-refractivity contribution < 1.29 is 14.7 Å². The molecule has 0 aliphatic carbocycles. The predicted molar refractivity (Wildman–Crippen MR) is 104 cm³/mol. The Labute approximate surface area is 162 Å². The molecule has 142 valence electrons. The Hall–Kier alpha value is -2.61. The van der Waals surface area contributed by atoms with E-state index in [0.29, 0.717) is 23.0 Å². The first-order chi connectivity index (χ1) is 13.0. The van der Waals surface area contributed by atoms with Gasteiger partial charge < -0.3 is 15.3 Å². The Balaban J connectivity index is 1.67. The summed E-state index contributed by atoms with van der Waals surface area (Å²) in [6, 6.07) is 8.87. The van der Waals surface area contributed by atoms with Crippen molar-refractivity contribution in [1.29, 1.82) is 0 Å². The number of carboxylic acids is 1. The summed E-state index contributed by atoms with van der Waals surface area (Å²) in [6.07, 6.45) is 5.24. The van der Waals surface area contributed by atoms with Gasteiger partial charge in [0.05, 0.1) is 5.56 Å². The number of aromatic nitrogens is 2. The summed E-state index contributed by atoms with van der Waals surface area (Å²) in [5.74, 6) is -0.416. The van der Waals surface area contributed by atoms with Crippen molar-refractivity contribution in [3.63, 3.8) is 0 Å². The van der Waals surface area contributed by atoms with Crippen LogP contribution in [0.1, 0.15) is 30.1 Å². The summed E-state index contributed by atoms with van der Waals surface area (Å²) in [5, 5.41) is 11.6. The van der Waals surface area contributed by atoms with Gasteiger partial charge in [-0.3, -0.25) is 9.59 Å². The Morgan fingerprint density at radius 3 is 2.74 bits per heavy atom. The smallest absolute Gasteiger partial charge is 0.316 e. The number of hydrogen-bond donors (Lipinski definition) is 2.